The quantitative estimate of drug-likeness (QED) is 0.262. The predicted octanol–water partition coefficient (Wildman–Crippen LogP) is 4.07. The second-order valence-electron chi connectivity index (χ2n) is 7.57. The highest BCUT2D eigenvalue weighted by atomic mass is 16.5. The summed E-state index contributed by atoms with van der Waals surface area (Å²) in [5, 5.41) is 12.3. The van der Waals surface area contributed by atoms with Crippen molar-refractivity contribution in [2.24, 2.45) is 0 Å². The molecule has 0 radical (unpaired) electrons. The monoisotopic (exact) mass is 486 g/mol. The first kappa shape index (κ1) is 25.8. The fourth-order valence-electron chi connectivity index (χ4n) is 3.37. The zero-order valence-electron chi connectivity index (χ0n) is 20.2. The van der Waals surface area contributed by atoms with E-state index in [0.717, 1.165) is 11.1 Å². The Morgan fingerprint density at radius 3 is 1.67 bits per heavy atom. The largest absolute Gasteiger partial charge is 0.497 e. The Hall–Kier alpha value is -4.77. The van der Waals surface area contributed by atoms with Crippen molar-refractivity contribution in [3.63, 3.8) is 0 Å². The van der Waals surface area contributed by atoms with Crippen molar-refractivity contribution >= 4 is 18.0 Å². The number of methoxy groups -OCH3 is 3. The van der Waals surface area contributed by atoms with Crippen molar-refractivity contribution in [3.05, 3.63) is 95.1 Å². The number of nitriles is 1. The Morgan fingerprint density at radius 1 is 0.806 bits per heavy atom. The van der Waals surface area contributed by atoms with Crippen LogP contribution in [0, 0.1) is 11.3 Å². The molecule has 3 rings (SSSR count). The maximum absolute atomic E-state index is 12.7. The summed E-state index contributed by atoms with van der Waals surface area (Å²) in [5.41, 5.74) is 2.00. The second kappa shape index (κ2) is 12.6. The molecule has 184 valence electrons. The van der Waals surface area contributed by atoms with Crippen LogP contribution in [0.1, 0.15) is 22.7 Å². The number of amides is 1. The van der Waals surface area contributed by atoms with Gasteiger partial charge < -0.3 is 24.3 Å². The fraction of sp³-hybridized carbons (Fsp3) is 0.179. The van der Waals surface area contributed by atoms with Crippen molar-refractivity contribution in [2.75, 3.05) is 27.9 Å². The van der Waals surface area contributed by atoms with E-state index in [1.165, 1.54) is 6.08 Å². The first-order chi connectivity index (χ1) is 17.5. The van der Waals surface area contributed by atoms with E-state index in [-0.39, 0.29) is 5.57 Å². The topological polar surface area (TPSA) is 107 Å². The van der Waals surface area contributed by atoms with Gasteiger partial charge in [-0.15, -0.1) is 0 Å². The van der Waals surface area contributed by atoms with E-state index in [1.54, 1.807) is 69.9 Å². The molecule has 0 bridgehead atoms. The molecule has 3 aromatic rings. The lowest BCUT2D eigenvalue weighted by Gasteiger charge is -2.20. The number of nitrogens with one attached hydrogen (secondary N) is 1. The Morgan fingerprint density at radius 2 is 1.25 bits per heavy atom. The van der Waals surface area contributed by atoms with Crippen LogP contribution in [0.25, 0.3) is 6.08 Å². The average molecular weight is 487 g/mol. The summed E-state index contributed by atoms with van der Waals surface area (Å²) >= 11 is 0. The van der Waals surface area contributed by atoms with Crippen LogP contribution in [-0.4, -0.2) is 39.8 Å². The first-order valence-electron chi connectivity index (χ1n) is 11.0. The standard InChI is InChI=1S/C28H26N2O6/c1-33-23-10-4-19(5-11-23)16-22(17-29)28(32)36-18-26(31)30-27(20-6-12-24(34-2)13-7-20)21-8-14-25(35-3)15-9-21/h4-16,27H,18H2,1-3H3,(H,30,31)/b22-16+. The molecule has 0 heterocycles. The van der Waals surface area contributed by atoms with E-state index >= 15 is 0 Å². The van der Waals surface area contributed by atoms with E-state index in [1.807, 2.05) is 30.3 Å². The van der Waals surface area contributed by atoms with Gasteiger partial charge in [-0.25, -0.2) is 4.79 Å². The first-order valence-corrected chi connectivity index (χ1v) is 11.0. The highest BCUT2D eigenvalue weighted by molar-refractivity contribution is 5.98. The number of esters is 1. The molecule has 1 N–H and O–H groups in total. The fourth-order valence-corrected chi connectivity index (χ4v) is 3.37. The number of ether oxygens (including phenoxy) is 4. The summed E-state index contributed by atoms with van der Waals surface area (Å²) in [6.07, 6.45) is 1.39. The van der Waals surface area contributed by atoms with Gasteiger partial charge in [-0.3, -0.25) is 4.79 Å². The molecule has 0 atom stereocenters. The van der Waals surface area contributed by atoms with Crippen molar-refractivity contribution in [3.8, 4) is 23.3 Å². The Bertz CT molecular complexity index is 1200. The van der Waals surface area contributed by atoms with E-state index in [0.29, 0.717) is 22.8 Å². The minimum Gasteiger partial charge on any atom is -0.497 e. The number of rotatable bonds is 10. The van der Waals surface area contributed by atoms with Crippen LogP contribution in [0.4, 0.5) is 0 Å². The number of hydrogen-bond acceptors (Lipinski definition) is 7. The van der Waals surface area contributed by atoms with Crippen LogP contribution in [0.5, 0.6) is 17.2 Å². The highest BCUT2D eigenvalue weighted by Gasteiger charge is 2.19. The van der Waals surface area contributed by atoms with Crippen LogP contribution in [0.15, 0.2) is 78.4 Å². The van der Waals surface area contributed by atoms with Crippen LogP contribution in [0.3, 0.4) is 0 Å². The lowest BCUT2D eigenvalue weighted by atomic mass is 9.98. The van der Waals surface area contributed by atoms with Gasteiger partial charge in [-0.1, -0.05) is 36.4 Å². The summed E-state index contributed by atoms with van der Waals surface area (Å²) in [4.78, 5) is 25.2. The van der Waals surface area contributed by atoms with Gasteiger partial charge in [-0.05, 0) is 59.2 Å². The summed E-state index contributed by atoms with van der Waals surface area (Å²) < 4.78 is 20.6. The minimum absolute atomic E-state index is 0.227. The normalized spacial score (nSPS) is 10.8. The molecule has 0 aliphatic heterocycles. The molecule has 0 saturated heterocycles. The van der Waals surface area contributed by atoms with Crippen LogP contribution < -0.4 is 19.5 Å². The Kier molecular flexibility index (Phi) is 9.06. The van der Waals surface area contributed by atoms with E-state index < -0.39 is 24.5 Å². The van der Waals surface area contributed by atoms with Gasteiger partial charge in [0.15, 0.2) is 6.61 Å². The molecule has 1 amide bonds. The number of carbonyl (C=O) groups is 2. The lowest BCUT2D eigenvalue weighted by molar-refractivity contribution is -0.144. The molecule has 0 aliphatic rings. The minimum atomic E-state index is -0.895. The SMILES string of the molecule is COc1ccc(/C=C(\C#N)C(=O)OCC(=O)NC(c2ccc(OC)cc2)c2ccc(OC)cc2)cc1. The van der Waals surface area contributed by atoms with Gasteiger partial charge in [0.05, 0.1) is 27.4 Å². The number of benzene rings is 3. The number of hydrogen-bond donors (Lipinski definition) is 1. The van der Waals surface area contributed by atoms with Crippen molar-refractivity contribution in [1.29, 1.82) is 5.26 Å². The van der Waals surface area contributed by atoms with Crippen molar-refractivity contribution in [2.45, 2.75) is 6.04 Å². The lowest BCUT2D eigenvalue weighted by Crippen LogP contribution is -2.33. The third-order valence-corrected chi connectivity index (χ3v) is 5.31. The van der Waals surface area contributed by atoms with E-state index in [4.69, 9.17) is 18.9 Å². The molecule has 0 aliphatic carbocycles. The average Bonchev–Trinajstić information content (AvgIpc) is 2.93. The summed E-state index contributed by atoms with van der Waals surface area (Å²) in [6.45, 7) is -0.552. The zero-order valence-corrected chi connectivity index (χ0v) is 20.2. The summed E-state index contributed by atoms with van der Waals surface area (Å²) in [6, 6.07) is 22.6. The summed E-state index contributed by atoms with van der Waals surface area (Å²) in [7, 11) is 4.69. The number of carbonyl (C=O) groups excluding carboxylic acids is 2. The smallest absolute Gasteiger partial charge is 0.349 e. The van der Waals surface area contributed by atoms with E-state index in [9.17, 15) is 14.9 Å². The van der Waals surface area contributed by atoms with Crippen LogP contribution in [-0.2, 0) is 14.3 Å². The third kappa shape index (κ3) is 6.87. The number of nitrogens with zero attached hydrogens (tertiary/aromatic N) is 1. The molecule has 0 aromatic heterocycles. The van der Waals surface area contributed by atoms with E-state index in [2.05, 4.69) is 5.32 Å². The molecular weight excluding hydrogens is 460 g/mol. The molecular formula is C28H26N2O6. The van der Waals surface area contributed by atoms with Crippen LogP contribution in [0.2, 0.25) is 0 Å². The van der Waals surface area contributed by atoms with Gasteiger partial charge >= 0.3 is 5.97 Å². The van der Waals surface area contributed by atoms with Gasteiger partial charge in [-0.2, -0.15) is 5.26 Å². The molecule has 8 heteroatoms. The third-order valence-electron chi connectivity index (χ3n) is 5.31. The van der Waals surface area contributed by atoms with Gasteiger partial charge in [0.2, 0.25) is 0 Å². The van der Waals surface area contributed by atoms with Gasteiger partial charge in [0, 0.05) is 0 Å². The molecule has 36 heavy (non-hydrogen) atoms. The molecule has 0 spiro atoms. The molecule has 0 unspecified atom stereocenters. The predicted molar refractivity (Wildman–Crippen MR) is 134 cm³/mol. The highest BCUT2D eigenvalue weighted by Crippen LogP contribution is 2.26. The van der Waals surface area contributed by atoms with Gasteiger partial charge in [0.1, 0.15) is 28.9 Å². The molecule has 0 saturated carbocycles. The summed E-state index contributed by atoms with van der Waals surface area (Å²) in [5.74, 6) is 0.587. The van der Waals surface area contributed by atoms with Gasteiger partial charge in [0.25, 0.3) is 5.91 Å². The Labute approximate surface area is 209 Å². The maximum Gasteiger partial charge on any atom is 0.349 e. The van der Waals surface area contributed by atoms with Crippen molar-refractivity contribution < 1.29 is 28.5 Å². The van der Waals surface area contributed by atoms with Crippen molar-refractivity contribution in [1.82, 2.24) is 5.32 Å². The van der Waals surface area contributed by atoms with Crippen LogP contribution >= 0.6 is 0 Å². The molecule has 8 nitrogen and oxygen atoms in total. The molecule has 3 aromatic carbocycles. The Balaban J connectivity index is 1.71. The maximum atomic E-state index is 12.7. The second-order valence-corrected chi connectivity index (χ2v) is 7.57. The zero-order chi connectivity index (χ0) is 25.9. The molecule has 0 fully saturated rings.